The fraction of sp³-hybridized carbons (Fsp3) is 0.500. The van der Waals surface area contributed by atoms with Crippen molar-refractivity contribution in [1.29, 1.82) is 0 Å². The van der Waals surface area contributed by atoms with Gasteiger partial charge in [-0.2, -0.15) is 0 Å². The average molecular weight is 331 g/mol. The zero-order valence-electron chi connectivity index (χ0n) is 10.5. The van der Waals surface area contributed by atoms with E-state index in [0.717, 1.165) is 0 Å². The predicted octanol–water partition coefficient (Wildman–Crippen LogP) is 1.02. The van der Waals surface area contributed by atoms with Crippen LogP contribution in [0.4, 0.5) is 0 Å². The van der Waals surface area contributed by atoms with E-state index in [2.05, 4.69) is 21.2 Å². The van der Waals surface area contributed by atoms with Crippen LogP contribution in [-0.2, 0) is 9.53 Å². The zero-order chi connectivity index (χ0) is 13.8. The van der Waals surface area contributed by atoms with Crippen molar-refractivity contribution in [2.45, 2.75) is 13.0 Å². The van der Waals surface area contributed by atoms with Gasteiger partial charge in [0.2, 0.25) is 5.91 Å². The van der Waals surface area contributed by atoms with Crippen LogP contribution in [-0.4, -0.2) is 49.1 Å². The van der Waals surface area contributed by atoms with Crippen molar-refractivity contribution in [3.63, 3.8) is 0 Å². The quantitative estimate of drug-likeness (QED) is 0.898. The van der Waals surface area contributed by atoms with Gasteiger partial charge >= 0.3 is 0 Å². The van der Waals surface area contributed by atoms with Crippen LogP contribution in [0.15, 0.2) is 21.4 Å². The molecule has 1 aromatic heterocycles. The summed E-state index contributed by atoms with van der Waals surface area (Å²) >= 11 is 3.18. The maximum Gasteiger partial charge on any atom is 0.259 e. The molecule has 0 aromatic carbocycles. The van der Waals surface area contributed by atoms with Crippen LogP contribution in [0.5, 0.6) is 0 Å². The second-order valence-electron chi connectivity index (χ2n) is 4.09. The molecule has 2 heterocycles. The summed E-state index contributed by atoms with van der Waals surface area (Å²) < 4.78 is 10.7. The summed E-state index contributed by atoms with van der Waals surface area (Å²) in [4.78, 5) is 25.9. The molecule has 0 saturated carbocycles. The van der Waals surface area contributed by atoms with Crippen LogP contribution < -0.4 is 5.32 Å². The first kappa shape index (κ1) is 14.1. The summed E-state index contributed by atoms with van der Waals surface area (Å²) in [5, 5.41) is 2.71. The zero-order valence-corrected chi connectivity index (χ0v) is 12.1. The van der Waals surface area contributed by atoms with Crippen LogP contribution in [0.2, 0.25) is 0 Å². The number of carbonyl (C=O) groups excluding carboxylic acids is 2. The van der Waals surface area contributed by atoms with E-state index in [-0.39, 0.29) is 18.4 Å². The molecule has 1 aromatic rings. The molecular formula is C12H15BrN2O4. The van der Waals surface area contributed by atoms with Gasteiger partial charge in [-0.05, 0) is 28.9 Å². The number of nitrogens with one attached hydrogen (secondary N) is 1. The van der Waals surface area contributed by atoms with Crippen LogP contribution in [0.25, 0.3) is 0 Å². The molecule has 0 spiro atoms. The van der Waals surface area contributed by atoms with Crippen molar-refractivity contribution < 1.29 is 18.7 Å². The van der Waals surface area contributed by atoms with E-state index in [0.29, 0.717) is 29.9 Å². The molecule has 1 saturated heterocycles. The summed E-state index contributed by atoms with van der Waals surface area (Å²) in [6.07, 6.45) is 1.43. The van der Waals surface area contributed by atoms with Gasteiger partial charge in [-0.15, -0.1) is 0 Å². The lowest BCUT2D eigenvalue weighted by atomic mass is 10.1. The Kier molecular flexibility index (Phi) is 4.60. The molecule has 1 fully saturated rings. The van der Waals surface area contributed by atoms with E-state index < -0.39 is 6.04 Å². The molecule has 2 rings (SSSR count). The molecule has 7 heteroatoms. The first-order valence-corrected chi connectivity index (χ1v) is 6.84. The van der Waals surface area contributed by atoms with Gasteiger partial charge in [0.15, 0.2) is 4.67 Å². The number of likely N-dealkylation sites (N-methyl/N-ethyl adjacent to an activating group) is 1. The first-order chi connectivity index (χ1) is 9.15. The largest absolute Gasteiger partial charge is 0.457 e. The maximum atomic E-state index is 12.4. The van der Waals surface area contributed by atoms with Gasteiger partial charge < -0.3 is 19.4 Å². The summed E-state index contributed by atoms with van der Waals surface area (Å²) in [5.74, 6) is -0.435. The standard InChI is InChI=1S/C12H15BrN2O4/c1-2-14-11(16)9-7-18-6-4-15(9)12(17)8-3-5-19-10(8)13/h3,5,9H,2,4,6-7H2,1H3,(H,14,16). The lowest BCUT2D eigenvalue weighted by molar-refractivity contribution is -0.130. The predicted molar refractivity (Wildman–Crippen MR) is 70.7 cm³/mol. The minimum Gasteiger partial charge on any atom is -0.457 e. The Morgan fingerprint density at radius 3 is 3.00 bits per heavy atom. The second-order valence-corrected chi connectivity index (χ2v) is 4.81. The fourth-order valence-electron chi connectivity index (χ4n) is 1.96. The average Bonchev–Trinajstić information content (AvgIpc) is 2.84. The molecule has 104 valence electrons. The minimum absolute atomic E-state index is 0.199. The summed E-state index contributed by atoms with van der Waals surface area (Å²) in [6.45, 7) is 3.38. The summed E-state index contributed by atoms with van der Waals surface area (Å²) in [7, 11) is 0. The number of ether oxygens (including phenoxy) is 1. The van der Waals surface area contributed by atoms with Gasteiger partial charge in [-0.3, -0.25) is 9.59 Å². The number of amides is 2. The Labute approximate surface area is 119 Å². The highest BCUT2D eigenvalue weighted by molar-refractivity contribution is 9.10. The van der Waals surface area contributed by atoms with Gasteiger partial charge in [-0.25, -0.2) is 0 Å². The number of hydrogen-bond donors (Lipinski definition) is 1. The highest BCUT2D eigenvalue weighted by atomic mass is 79.9. The van der Waals surface area contributed by atoms with Gasteiger partial charge in [0.05, 0.1) is 25.0 Å². The van der Waals surface area contributed by atoms with Crippen LogP contribution in [0.1, 0.15) is 17.3 Å². The Morgan fingerprint density at radius 2 is 2.37 bits per heavy atom. The molecule has 0 aliphatic carbocycles. The Hall–Kier alpha value is -1.34. The van der Waals surface area contributed by atoms with E-state index in [4.69, 9.17) is 9.15 Å². The molecule has 1 unspecified atom stereocenters. The fourth-order valence-corrected chi connectivity index (χ4v) is 2.37. The molecule has 0 radical (unpaired) electrons. The summed E-state index contributed by atoms with van der Waals surface area (Å²) in [5.41, 5.74) is 0.413. The van der Waals surface area contributed by atoms with E-state index in [1.807, 2.05) is 6.92 Å². The molecule has 1 aliphatic heterocycles. The van der Waals surface area contributed by atoms with Crippen LogP contribution in [0, 0.1) is 0 Å². The second kappa shape index (κ2) is 6.21. The van der Waals surface area contributed by atoms with Gasteiger partial charge in [0.25, 0.3) is 5.91 Å². The highest BCUT2D eigenvalue weighted by Crippen LogP contribution is 2.21. The Bertz CT molecular complexity index is 474. The number of nitrogens with zero attached hydrogens (tertiary/aromatic N) is 1. The molecule has 19 heavy (non-hydrogen) atoms. The van der Waals surface area contributed by atoms with Crippen molar-refractivity contribution in [2.75, 3.05) is 26.3 Å². The molecule has 1 N–H and O–H groups in total. The van der Waals surface area contributed by atoms with Crippen molar-refractivity contribution in [3.8, 4) is 0 Å². The molecule has 6 nitrogen and oxygen atoms in total. The highest BCUT2D eigenvalue weighted by Gasteiger charge is 2.34. The minimum atomic E-state index is -0.594. The number of furan rings is 1. The third-order valence-electron chi connectivity index (χ3n) is 2.89. The lowest BCUT2D eigenvalue weighted by Crippen LogP contribution is -2.55. The van der Waals surface area contributed by atoms with E-state index in [1.54, 1.807) is 6.07 Å². The lowest BCUT2D eigenvalue weighted by Gasteiger charge is -2.34. The van der Waals surface area contributed by atoms with E-state index >= 15 is 0 Å². The van der Waals surface area contributed by atoms with Crippen LogP contribution >= 0.6 is 15.9 Å². The third kappa shape index (κ3) is 2.98. The maximum absolute atomic E-state index is 12.4. The van der Waals surface area contributed by atoms with Crippen molar-refractivity contribution in [2.24, 2.45) is 0 Å². The van der Waals surface area contributed by atoms with Crippen molar-refractivity contribution in [3.05, 3.63) is 22.6 Å². The Balaban J connectivity index is 2.18. The monoisotopic (exact) mass is 330 g/mol. The van der Waals surface area contributed by atoms with E-state index in [1.165, 1.54) is 11.2 Å². The van der Waals surface area contributed by atoms with Gasteiger partial charge in [0.1, 0.15) is 6.04 Å². The number of hydrogen-bond acceptors (Lipinski definition) is 4. The number of carbonyl (C=O) groups is 2. The molecule has 0 bridgehead atoms. The molecule has 1 aliphatic rings. The topological polar surface area (TPSA) is 71.8 Å². The first-order valence-electron chi connectivity index (χ1n) is 6.04. The molecule has 1 atom stereocenters. The van der Waals surface area contributed by atoms with Crippen molar-refractivity contribution >= 4 is 27.7 Å². The Morgan fingerprint density at radius 1 is 1.58 bits per heavy atom. The third-order valence-corrected chi connectivity index (χ3v) is 3.51. The number of rotatable bonds is 3. The molecule has 2 amide bonds. The van der Waals surface area contributed by atoms with Crippen LogP contribution in [0.3, 0.4) is 0 Å². The van der Waals surface area contributed by atoms with Gasteiger partial charge in [-0.1, -0.05) is 0 Å². The number of halogens is 1. The summed E-state index contributed by atoms with van der Waals surface area (Å²) in [6, 6.07) is 0.986. The van der Waals surface area contributed by atoms with Gasteiger partial charge in [0, 0.05) is 13.1 Å². The number of morpholine rings is 1. The smallest absolute Gasteiger partial charge is 0.259 e. The van der Waals surface area contributed by atoms with Crippen molar-refractivity contribution in [1.82, 2.24) is 10.2 Å². The SMILES string of the molecule is CCNC(=O)C1COCCN1C(=O)c1ccoc1Br. The molecular weight excluding hydrogens is 316 g/mol. The van der Waals surface area contributed by atoms with E-state index in [9.17, 15) is 9.59 Å². The normalized spacial score (nSPS) is 19.3.